The standard InChI is InChI=1S/C19H18F3N3O/c1-23-8-3-9-24-18(26)15-5-2-4-13-10-12-6-7-14(19(20,21)22)11-16(12)25-17(13)15/h2,4-7,10-11,23H,3,8-9H2,1H3,(H,24,26). The maximum atomic E-state index is 12.9. The molecule has 0 atom stereocenters. The van der Waals surface area contributed by atoms with Gasteiger partial charge in [0.1, 0.15) is 0 Å². The molecule has 0 aliphatic rings. The van der Waals surface area contributed by atoms with Crippen molar-refractivity contribution in [2.24, 2.45) is 0 Å². The van der Waals surface area contributed by atoms with Crippen molar-refractivity contribution in [3.63, 3.8) is 0 Å². The summed E-state index contributed by atoms with van der Waals surface area (Å²) >= 11 is 0. The van der Waals surface area contributed by atoms with E-state index >= 15 is 0 Å². The number of carbonyl (C=O) groups excluding carboxylic acids is 1. The molecule has 136 valence electrons. The Morgan fingerprint density at radius 1 is 1.08 bits per heavy atom. The minimum atomic E-state index is -4.44. The van der Waals surface area contributed by atoms with Gasteiger partial charge < -0.3 is 10.6 Å². The van der Waals surface area contributed by atoms with Crippen molar-refractivity contribution in [1.29, 1.82) is 0 Å². The summed E-state index contributed by atoms with van der Waals surface area (Å²) in [5.74, 6) is -0.287. The lowest BCUT2D eigenvalue weighted by molar-refractivity contribution is -0.137. The van der Waals surface area contributed by atoms with Crippen LogP contribution in [0.1, 0.15) is 22.3 Å². The molecule has 0 saturated heterocycles. The lowest BCUT2D eigenvalue weighted by Crippen LogP contribution is -2.26. The van der Waals surface area contributed by atoms with E-state index in [4.69, 9.17) is 0 Å². The third-order valence-electron chi connectivity index (χ3n) is 4.10. The van der Waals surface area contributed by atoms with Crippen LogP contribution in [0.15, 0.2) is 42.5 Å². The summed E-state index contributed by atoms with van der Waals surface area (Å²) < 4.78 is 38.8. The van der Waals surface area contributed by atoms with Gasteiger partial charge in [0.2, 0.25) is 0 Å². The fraction of sp³-hybridized carbons (Fsp3) is 0.263. The number of rotatable bonds is 5. The summed E-state index contributed by atoms with van der Waals surface area (Å²) in [5.41, 5.74) is 0.199. The van der Waals surface area contributed by atoms with E-state index in [1.54, 1.807) is 24.3 Å². The van der Waals surface area contributed by atoms with Gasteiger partial charge in [0.15, 0.2) is 0 Å². The van der Waals surface area contributed by atoms with Crippen molar-refractivity contribution in [2.75, 3.05) is 20.1 Å². The van der Waals surface area contributed by atoms with Crippen LogP contribution in [-0.2, 0) is 6.18 Å². The van der Waals surface area contributed by atoms with Crippen molar-refractivity contribution in [3.05, 3.63) is 53.6 Å². The fourth-order valence-corrected chi connectivity index (χ4v) is 2.78. The van der Waals surface area contributed by atoms with Crippen molar-refractivity contribution in [1.82, 2.24) is 15.6 Å². The van der Waals surface area contributed by atoms with Crippen LogP contribution in [0.25, 0.3) is 21.8 Å². The summed E-state index contributed by atoms with van der Waals surface area (Å²) in [6, 6.07) is 10.3. The average molecular weight is 361 g/mol. The number of benzene rings is 2. The molecule has 26 heavy (non-hydrogen) atoms. The van der Waals surface area contributed by atoms with Crippen LogP contribution < -0.4 is 10.6 Å². The first kappa shape index (κ1) is 18.1. The van der Waals surface area contributed by atoms with E-state index in [9.17, 15) is 18.0 Å². The Morgan fingerprint density at radius 3 is 2.62 bits per heavy atom. The molecular formula is C19H18F3N3O. The largest absolute Gasteiger partial charge is 0.416 e. The van der Waals surface area contributed by atoms with Crippen LogP contribution in [0, 0.1) is 0 Å². The van der Waals surface area contributed by atoms with Crippen molar-refractivity contribution < 1.29 is 18.0 Å². The molecule has 2 aromatic carbocycles. The van der Waals surface area contributed by atoms with Gasteiger partial charge in [-0.3, -0.25) is 4.79 Å². The van der Waals surface area contributed by atoms with E-state index < -0.39 is 11.7 Å². The molecule has 0 fully saturated rings. The van der Waals surface area contributed by atoms with Crippen LogP contribution in [0.3, 0.4) is 0 Å². The quantitative estimate of drug-likeness (QED) is 0.538. The van der Waals surface area contributed by atoms with E-state index in [2.05, 4.69) is 15.6 Å². The SMILES string of the molecule is CNCCCNC(=O)c1cccc2cc3ccc(C(F)(F)F)cc3nc12. The molecule has 1 aromatic heterocycles. The number of hydrogen-bond donors (Lipinski definition) is 2. The second-order valence-electron chi connectivity index (χ2n) is 5.98. The third kappa shape index (κ3) is 3.77. The zero-order valence-corrected chi connectivity index (χ0v) is 14.2. The highest BCUT2D eigenvalue weighted by molar-refractivity contribution is 6.07. The molecule has 2 N–H and O–H groups in total. The number of amides is 1. The van der Waals surface area contributed by atoms with Gasteiger partial charge in [0, 0.05) is 17.3 Å². The maximum absolute atomic E-state index is 12.9. The van der Waals surface area contributed by atoms with Gasteiger partial charge in [-0.15, -0.1) is 0 Å². The summed E-state index contributed by atoms with van der Waals surface area (Å²) in [6.07, 6.45) is -3.66. The summed E-state index contributed by atoms with van der Waals surface area (Å²) in [6.45, 7) is 1.28. The highest BCUT2D eigenvalue weighted by Crippen LogP contribution is 2.32. The van der Waals surface area contributed by atoms with Crippen molar-refractivity contribution in [3.8, 4) is 0 Å². The average Bonchev–Trinajstić information content (AvgIpc) is 2.61. The number of fused-ring (bicyclic) bond motifs is 2. The molecule has 3 aromatic rings. The van der Waals surface area contributed by atoms with Gasteiger partial charge in [-0.05, 0) is 44.3 Å². The van der Waals surface area contributed by atoms with E-state index in [1.807, 2.05) is 7.05 Å². The van der Waals surface area contributed by atoms with Crippen LogP contribution in [-0.4, -0.2) is 31.0 Å². The van der Waals surface area contributed by atoms with Crippen molar-refractivity contribution in [2.45, 2.75) is 12.6 Å². The Labute approximate surface area is 148 Å². The first-order valence-electron chi connectivity index (χ1n) is 8.23. The number of nitrogens with zero attached hydrogens (tertiary/aromatic N) is 1. The van der Waals surface area contributed by atoms with Gasteiger partial charge >= 0.3 is 6.18 Å². The molecule has 1 amide bonds. The maximum Gasteiger partial charge on any atom is 0.416 e. The lowest BCUT2D eigenvalue weighted by atomic mass is 10.0. The Morgan fingerprint density at radius 2 is 1.88 bits per heavy atom. The minimum absolute atomic E-state index is 0.211. The van der Waals surface area contributed by atoms with Gasteiger partial charge in [-0.2, -0.15) is 13.2 Å². The molecule has 3 rings (SSSR count). The van der Waals surface area contributed by atoms with Crippen LogP contribution in [0.2, 0.25) is 0 Å². The Balaban J connectivity index is 2.01. The molecule has 0 aliphatic carbocycles. The van der Waals surface area contributed by atoms with E-state index in [-0.39, 0.29) is 11.4 Å². The predicted molar refractivity (Wildman–Crippen MR) is 95.1 cm³/mol. The molecule has 7 heteroatoms. The summed E-state index contributed by atoms with van der Waals surface area (Å²) in [4.78, 5) is 16.8. The number of aromatic nitrogens is 1. The zero-order chi connectivity index (χ0) is 18.7. The van der Waals surface area contributed by atoms with E-state index in [0.29, 0.717) is 28.4 Å². The monoisotopic (exact) mass is 361 g/mol. The van der Waals surface area contributed by atoms with Gasteiger partial charge in [0.05, 0.1) is 22.2 Å². The van der Waals surface area contributed by atoms with Gasteiger partial charge in [-0.25, -0.2) is 4.98 Å². The number of carbonyl (C=O) groups is 1. The molecule has 0 aliphatic heterocycles. The van der Waals surface area contributed by atoms with Crippen LogP contribution in [0.4, 0.5) is 13.2 Å². The molecule has 0 saturated carbocycles. The number of alkyl halides is 3. The Hall–Kier alpha value is -2.67. The second kappa shape index (κ2) is 7.29. The first-order valence-corrected chi connectivity index (χ1v) is 8.23. The van der Waals surface area contributed by atoms with Crippen molar-refractivity contribution >= 4 is 27.7 Å². The molecule has 1 heterocycles. The van der Waals surface area contributed by atoms with E-state index in [0.717, 1.165) is 25.1 Å². The topological polar surface area (TPSA) is 54.0 Å². The number of nitrogens with one attached hydrogen (secondary N) is 2. The number of halogens is 3. The number of hydrogen-bond acceptors (Lipinski definition) is 3. The molecule has 4 nitrogen and oxygen atoms in total. The number of pyridine rings is 1. The molecule has 0 unspecified atom stereocenters. The van der Waals surface area contributed by atoms with Crippen LogP contribution >= 0.6 is 0 Å². The fourth-order valence-electron chi connectivity index (χ4n) is 2.78. The second-order valence-corrected chi connectivity index (χ2v) is 5.98. The predicted octanol–water partition coefficient (Wildman–Crippen LogP) is 3.75. The Kier molecular flexibility index (Phi) is 5.08. The highest BCUT2D eigenvalue weighted by atomic mass is 19.4. The molecule has 0 spiro atoms. The normalized spacial score (nSPS) is 11.8. The van der Waals surface area contributed by atoms with Gasteiger partial charge in [-0.1, -0.05) is 18.2 Å². The zero-order valence-electron chi connectivity index (χ0n) is 14.2. The van der Waals surface area contributed by atoms with Gasteiger partial charge in [0.25, 0.3) is 5.91 Å². The van der Waals surface area contributed by atoms with E-state index in [1.165, 1.54) is 6.07 Å². The minimum Gasteiger partial charge on any atom is -0.352 e. The molecule has 0 bridgehead atoms. The first-order chi connectivity index (χ1) is 12.4. The highest BCUT2D eigenvalue weighted by Gasteiger charge is 2.30. The molecular weight excluding hydrogens is 343 g/mol. The summed E-state index contributed by atoms with van der Waals surface area (Å²) in [7, 11) is 1.83. The van der Waals surface area contributed by atoms with Crippen LogP contribution in [0.5, 0.6) is 0 Å². The third-order valence-corrected chi connectivity index (χ3v) is 4.10. The Bertz CT molecular complexity index is 954. The smallest absolute Gasteiger partial charge is 0.352 e. The summed E-state index contributed by atoms with van der Waals surface area (Å²) in [5, 5.41) is 7.11. The molecule has 0 radical (unpaired) electrons. The lowest BCUT2D eigenvalue weighted by Gasteiger charge is -2.10. The number of para-hydroxylation sites is 1.